The average Bonchev–Trinajstić information content (AvgIpc) is 2.99. The standard InChI is InChI=1S/C20H28N2O4/c1-6-7-13(4)17-9-14(5)18(20(24)25-17)19(23)21-11-16-10-15(22-26-16)8-12(2)3/h9-10,12-13H,6-8,11H2,1-5H3,(H,21,23). The van der Waals surface area contributed by atoms with E-state index in [9.17, 15) is 9.59 Å². The lowest BCUT2D eigenvalue weighted by Crippen LogP contribution is -2.29. The zero-order valence-electron chi connectivity index (χ0n) is 16.2. The van der Waals surface area contributed by atoms with E-state index in [0.717, 1.165) is 25.0 Å². The Kier molecular flexibility index (Phi) is 6.77. The van der Waals surface area contributed by atoms with Gasteiger partial charge in [0.15, 0.2) is 5.76 Å². The molecule has 0 aromatic carbocycles. The van der Waals surface area contributed by atoms with Crippen LogP contribution in [0.5, 0.6) is 0 Å². The summed E-state index contributed by atoms with van der Waals surface area (Å²) < 4.78 is 10.6. The van der Waals surface area contributed by atoms with Crippen LogP contribution in [0.4, 0.5) is 0 Å². The van der Waals surface area contributed by atoms with E-state index in [1.54, 1.807) is 13.0 Å². The van der Waals surface area contributed by atoms with Gasteiger partial charge in [0.25, 0.3) is 5.91 Å². The van der Waals surface area contributed by atoms with E-state index in [1.165, 1.54) is 0 Å². The van der Waals surface area contributed by atoms with Crippen LogP contribution >= 0.6 is 0 Å². The average molecular weight is 360 g/mol. The quantitative estimate of drug-likeness (QED) is 0.770. The maximum Gasteiger partial charge on any atom is 0.349 e. The molecule has 1 N–H and O–H groups in total. The Morgan fingerprint density at radius 3 is 2.62 bits per heavy atom. The first-order chi connectivity index (χ1) is 12.3. The summed E-state index contributed by atoms with van der Waals surface area (Å²) in [6.07, 6.45) is 2.75. The van der Waals surface area contributed by atoms with Crippen LogP contribution < -0.4 is 10.9 Å². The van der Waals surface area contributed by atoms with Crippen LogP contribution in [0.2, 0.25) is 0 Å². The lowest BCUT2D eigenvalue weighted by atomic mass is 10.0. The predicted molar refractivity (Wildman–Crippen MR) is 99.3 cm³/mol. The Morgan fingerprint density at radius 1 is 1.27 bits per heavy atom. The van der Waals surface area contributed by atoms with Gasteiger partial charge in [0.1, 0.15) is 11.3 Å². The minimum absolute atomic E-state index is 0.0411. The summed E-state index contributed by atoms with van der Waals surface area (Å²) in [6.45, 7) is 10.2. The molecule has 1 amide bonds. The highest BCUT2D eigenvalue weighted by Crippen LogP contribution is 2.21. The molecule has 0 saturated heterocycles. The number of aromatic nitrogens is 1. The normalized spacial score (nSPS) is 12.4. The number of amides is 1. The van der Waals surface area contributed by atoms with Crippen molar-refractivity contribution in [2.24, 2.45) is 5.92 Å². The molecule has 2 heterocycles. The zero-order chi connectivity index (χ0) is 19.3. The van der Waals surface area contributed by atoms with Crippen LogP contribution in [-0.4, -0.2) is 11.1 Å². The molecule has 0 saturated carbocycles. The van der Waals surface area contributed by atoms with Crippen molar-refractivity contribution < 1.29 is 13.7 Å². The SMILES string of the molecule is CCCC(C)c1cc(C)c(C(=O)NCc2cc(CC(C)C)no2)c(=O)o1. The zero-order valence-corrected chi connectivity index (χ0v) is 16.2. The second kappa shape index (κ2) is 8.83. The molecule has 2 aromatic heterocycles. The van der Waals surface area contributed by atoms with Gasteiger partial charge in [0.05, 0.1) is 12.2 Å². The molecule has 6 nitrogen and oxygen atoms in total. The number of nitrogens with one attached hydrogen (secondary N) is 1. The van der Waals surface area contributed by atoms with Crippen LogP contribution in [0, 0.1) is 12.8 Å². The molecule has 0 aliphatic heterocycles. The van der Waals surface area contributed by atoms with Gasteiger partial charge in [-0.05, 0) is 37.3 Å². The summed E-state index contributed by atoms with van der Waals surface area (Å²) in [7, 11) is 0. The number of rotatable bonds is 8. The van der Waals surface area contributed by atoms with Crippen molar-refractivity contribution in [3.63, 3.8) is 0 Å². The van der Waals surface area contributed by atoms with Gasteiger partial charge in [-0.3, -0.25) is 4.79 Å². The molecule has 0 fully saturated rings. The molecule has 26 heavy (non-hydrogen) atoms. The molecule has 2 aromatic rings. The Bertz CT molecular complexity index is 804. The Morgan fingerprint density at radius 2 is 2.00 bits per heavy atom. The summed E-state index contributed by atoms with van der Waals surface area (Å²) in [4.78, 5) is 24.7. The van der Waals surface area contributed by atoms with Crippen molar-refractivity contribution >= 4 is 5.91 Å². The highest BCUT2D eigenvalue weighted by Gasteiger charge is 2.19. The molecule has 6 heteroatoms. The third-order valence-corrected chi connectivity index (χ3v) is 4.25. The Labute approximate surface area is 154 Å². The van der Waals surface area contributed by atoms with E-state index in [2.05, 4.69) is 31.2 Å². The maximum atomic E-state index is 12.4. The monoisotopic (exact) mass is 360 g/mol. The van der Waals surface area contributed by atoms with E-state index in [0.29, 0.717) is 23.0 Å². The topological polar surface area (TPSA) is 85.3 Å². The molecule has 0 spiro atoms. The summed E-state index contributed by atoms with van der Waals surface area (Å²) in [5, 5.41) is 6.69. The number of nitrogens with zero attached hydrogens (tertiary/aromatic N) is 1. The van der Waals surface area contributed by atoms with Gasteiger partial charge in [0.2, 0.25) is 0 Å². The Hall–Kier alpha value is -2.37. The summed E-state index contributed by atoms with van der Waals surface area (Å²) >= 11 is 0. The predicted octanol–water partition coefficient (Wildman–Crippen LogP) is 3.97. The third-order valence-electron chi connectivity index (χ3n) is 4.25. The molecular formula is C20H28N2O4. The molecule has 142 valence electrons. The van der Waals surface area contributed by atoms with E-state index in [-0.39, 0.29) is 18.0 Å². The fraction of sp³-hybridized carbons (Fsp3) is 0.550. The lowest BCUT2D eigenvalue weighted by Gasteiger charge is -2.11. The molecule has 2 rings (SSSR count). The van der Waals surface area contributed by atoms with Gasteiger partial charge in [-0.25, -0.2) is 4.79 Å². The minimum atomic E-state index is -0.599. The van der Waals surface area contributed by atoms with E-state index < -0.39 is 11.5 Å². The third kappa shape index (κ3) is 5.07. The Balaban J connectivity index is 2.07. The number of aryl methyl sites for hydroxylation is 1. The second-order valence-corrected chi connectivity index (χ2v) is 7.25. The maximum absolute atomic E-state index is 12.4. The van der Waals surface area contributed by atoms with Gasteiger partial charge in [-0.2, -0.15) is 0 Å². The lowest BCUT2D eigenvalue weighted by molar-refractivity contribution is 0.0941. The first-order valence-corrected chi connectivity index (χ1v) is 9.19. The highest BCUT2D eigenvalue weighted by molar-refractivity contribution is 5.95. The van der Waals surface area contributed by atoms with E-state index in [1.807, 2.05) is 13.0 Å². The van der Waals surface area contributed by atoms with Crippen molar-refractivity contribution in [3.05, 3.63) is 50.9 Å². The molecule has 0 aliphatic carbocycles. The number of hydrogen-bond acceptors (Lipinski definition) is 5. The summed E-state index contributed by atoms with van der Waals surface area (Å²) in [5.41, 5.74) is 0.918. The first kappa shape index (κ1) is 19.9. The van der Waals surface area contributed by atoms with E-state index in [4.69, 9.17) is 8.94 Å². The van der Waals surface area contributed by atoms with Crippen LogP contribution in [0.3, 0.4) is 0 Å². The van der Waals surface area contributed by atoms with Crippen molar-refractivity contribution in [2.45, 2.75) is 66.3 Å². The fourth-order valence-electron chi connectivity index (χ4n) is 2.93. The van der Waals surface area contributed by atoms with Crippen LogP contribution in [-0.2, 0) is 13.0 Å². The minimum Gasteiger partial charge on any atom is -0.427 e. The summed E-state index contributed by atoms with van der Waals surface area (Å²) in [5.74, 6) is 1.34. The van der Waals surface area contributed by atoms with Crippen molar-refractivity contribution in [3.8, 4) is 0 Å². The first-order valence-electron chi connectivity index (χ1n) is 9.19. The van der Waals surface area contributed by atoms with Gasteiger partial charge in [-0.1, -0.05) is 39.3 Å². The molecule has 0 bridgehead atoms. The van der Waals surface area contributed by atoms with Gasteiger partial charge >= 0.3 is 5.63 Å². The smallest absolute Gasteiger partial charge is 0.349 e. The van der Waals surface area contributed by atoms with Crippen molar-refractivity contribution in [1.82, 2.24) is 10.5 Å². The molecule has 0 aliphatic rings. The molecule has 1 atom stereocenters. The van der Waals surface area contributed by atoms with Crippen LogP contribution in [0.1, 0.15) is 79.6 Å². The molecular weight excluding hydrogens is 332 g/mol. The van der Waals surface area contributed by atoms with Gasteiger partial charge in [0, 0.05) is 12.0 Å². The highest BCUT2D eigenvalue weighted by atomic mass is 16.5. The van der Waals surface area contributed by atoms with Gasteiger partial charge < -0.3 is 14.3 Å². The largest absolute Gasteiger partial charge is 0.427 e. The van der Waals surface area contributed by atoms with Gasteiger partial charge in [-0.15, -0.1) is 0 Å². The fourth-order valence-corrected chi connectivity index (χ4v) is 2.93. The van der Waals surface area contributed by atoms with E-state index >= 15 is 0 Å². The van der Waals surface area contributed by atoms with Crippen LogP contribution in [0.25, 0.3) is 0 Å². The number of hydrogen-bond donors (Lipinski definition) is 1. The van der Waals surface area contributed by atoms with Crippen molar-refractivity contribution in [2.75, 3.05) is 0 Å². The number of carbonyl (C=O) groups is 1. The van der Waals surface area contributed by atoms with Crippen molar-refractivity contribution in [1.29, 1.82) is 0 Å². The molecule has 1 unspecified atom stereocenters. The number of carbonyl (C=O) groups excluding carboxylic acids is 1. The summed E-state index contributed by atoms with van der Waals surface area (Å²) in [6, 6.07) is 3.61. The molecule has 0 radical (unpaired) electrons. The second-order valence-electron chi connectivity index (χ2n) is 7.25. The van der Waals surface area contributed by atoms with Crippen LogP contribution in [0.15, 0.2) is 25.9 Å².